The minimum atomic E-state index is -3.48. The summed E-state index contributed by atoms with van der Waals surface area (Å²) in [6.07, 6.45) is 1.95. The summed E-state index contributed by atoms with van der Waals surface area (Å²) in [5.41, 5.74) is 7.76. The fourth-order valence-electron chi connectivity index (χ4n) is 1.52. The van der Waals surface area contributed by atoms with Crippen molar-refractivity contribution >= 4 is 27.5 Å². The van der Waals surface area contributed by atoms with Crippen molar-refractivity contribution in [3.05, 3.63) is 23.3 Å². The molecule has 1 unspecified atom stereocenters. The molecule has 102 valence electrons. The minimum Gasteiger partial charge on any atom is -0.398 e. The first-order valence-electron chi connectivity index (χ1n) is 5.67. The summed E-state index contributed by atoms with van der Waals surface area (Å²) in [4.78, 5) is 0.272. The highest BCUT2D eigenvalue weighted by Gasteiger charge is 2.19. The Morgan fingerprint density at radius 3 is 2.56 bits per heavy atom. The summed E-state index contributed by atoms with van der Waals surface area (Å²) >= 11 is 1.62. The van der Waals surface area contributed by atoms with Crippen LogP contribution in [-0.4, -0.2) is 26.5 Å². The Labute approximate surface area is 113 Å². The number of rotatable bonds is 5. The van der Waals surface area contributed by atoms with E-state index in [-0.39, 0.29) is 10.1 Å². The zero-order chi connectivity index (χ0) is 13.9. The van der Waals surface area contributed by atoms with Crippen molar-refractivity contribution in [1.82, 2.24) is 4.72 Å². The summed E-state index contributed by atoms with van der Waals surface area (Å²) in [6, 6.07) is 3.43. The van der Waals surface area contributed by atoms with Crippen LogP contribution in [-0.2, 0) is 10.0 Å². The number of benzene rings is 1. The zero-order valence-corrected chi connectivity index (χ0v) is 12.8. The van der Waals surface area contributed by atoms with E-state index >= 15 is 0 Å². The molecule has 0 radical (unpaired) electrons. The van der Waals surface area contributed by atoms with Crippen LogP contribution in [0.5, 0.6) is 0 Å². The Balaban J connectivity index is 3.05. The Morgan fingerprint density at radius 2 is 2.00 bits per heavy atom. The molecule has 0 aliphatic rings. The van der Waals surface area contributed by atoms with E-state index < -0.39 is 10.0 Å². The Hall–Kier alpha value is -0.720. The highest BCUT2D eigenvalue weighted by atomic mass is 32.2. The van der Waals surface area contributed by atoms with Crippen LogP contribution >= 0.6 is 11.8 Å². The Bertz CT molecular complexity index is 527. The molecule has 18 heavy (non-hydrogen) atoms. The van der Waals surface area contributed by atoms with Crippen molar-refractivity contribution in [2.75, 3.05) is 18.5 Å². The molecule has 6 heteroatoms. The van der Waals surface area contributed by atoms with Crippen LogP contribution < -0.4 is 10.5 Å². The van der Waals surface area contributed by atoms with Crippen LogP contribution in [0.4, 0.5) is 5.69 Å². The quantitative estimate of drug-likeness (QED) is 0.812. The molecule has 0 aliphatic carbocycles. The molecule has 0 saturated carbocycles. The summed E-state index contributed by atoms with van der Waals surface area (Å²) in [5, 5.41) is 0.238. The molecule has 0 aromatic heterocycles. The minimum absolute atomic E-state index is 0.238. The lowest BCUT2D eigenvalue weighted by molar-refractivity contribution is 0.581. The first-order valence-corrected chi connectivity index (χ1v) is 8.44. The molecule has 4 nitrogen and oxygen atoms in total. The van der Waals surface area contributed by atoms with Gasteiger partial charge >= 0.3 is 0 Å². The van der Waals surface area contributed by atoms with Crippen molar-refractivity contribution in [2.24, 2.45) is 0 Å². The number of anilines is 1. The zero-order valence-electron chi connectivity index (χ0n) is 11.1. The van der Waals surface area contributed by atoms with Gasteiger partial charge in [-0.1, -0.05) is 6.92 Å². The number of thioether (sulfide) groups is 1. The van der Waals surface area contributed by atoms with Gasteiger partial charge in [0, 0.05) is 17.5 Å². The normalized spacial score (nSPS) is 13.6. The monoisotopic (exact) mass is 288 g/mol. The van der Waals surface area contributed by atoms with Crippen molar-refractivity contribution in [1.29, 1.82) is 0 Å². The third-order valence-corrected chi connectivity index (χ3v) is 5.32. The third-order valence-electron chi connectivity index (χ3n) is 2.80. The number of hydrogen-bond acceptors (Lipinski definition) is 4. The second-order valence-corrected chi connectivity index (χ2v) is 7.39. The molecule has 0 spiro atoms. The predicted molar refractivity (Wildman–Crippen MR) is 78.5 cm³/mol. The summed E-state index contributed by atoms with van der Waals surface area (Å²) in [5.74, 6) is 0. The van der Waals surface area contributed by atoms with Gasteiger partial charge < -0.3 is 5.73 Å². The number of nitrogens with two attached hydrogens (primary N) is 1. The van der Waals surface area contributed by atoms with Gasteiger partial charge in [0.25, 0.3) is 0 Å². The number of aryl methyl sites for hydroxylation is 1. The maximum Gasteiger partial charge on any atom is 0.240 e. The average molecular weight is 288 g/mol. The van der Waals surface area contributed by atoms with Crippen LogP contribution in [0.1, 0.15) is 18.1 Å². The number of nitrogen functional groups attached to an aromatic ring is 1. The standard InChI is InChI=1S/C12H20N2O2S2/c1-8-5-11(13)10(3)12(6-8)18(15,16)14-7-9(2)17-4/h5-6,9,14H,7,13H2,1-4H3. The highest BCUT2D eigenvalue weighted by molar-refractivity contribution is 7.99. The molecular weight excluding hydrogens is 268 g/mol. The smallest absolute Gasteiger partial charge is 0.240 e. The molecule has 1 aromatic rings. The van der Waals surface area contributed by atoms with Gasteiger partial charge in [0.2, 0.25) is 10.0 Å². The first-order chi connectivity index (χ1) is 8.27. The maximum atomic E-state index is 12.2. The lowest BCUT2D eigenvalue weighted by atomic mass is 10.1. The van der Waals surface area contributed by atoms with E-state index in [1.807, 2.05) is 20.1 Å². The molecule has 0 aliphatic heterocycles. The third kappa shape index (κ3) is 3.63. The van der Waals surface area contributed by atoms with E-state index in [4.69, 9.17) is 5.73 Å². The van der Waals surface area contributed by atoms with E-state index in [0.29, 0.717) is 17.8 Å². The van der Waals surface area contributed by atoms with Crippen LogP contribution in [0.2, 0.25) is 0 Å². The second kappa shape index (κ2) is 5.95. The van der Waals surface area contributed by atoms with E-state index in [1.165, 1.54) is 0 Å². The van der Waals surface area contributed by atoms with Gasteiger partial charge in [0.05, 0.1) is 4.90 Å². The topological polar surface area (TPSA) is 72.2 Å². The number of nitrogens with one attached hydrogen (secondary N) is 1. The highest BCUT2D eigenvalue weighted by Crippen LogP contribution is 2.23. The second-order valence-electron chi connectivity index (χ2n) is 4.38. The molecule has 3 N–H and O–H groups in total. The van der Waals surface area contributed by atoms with E-state index in [0.717, 1.165) is 5.56 Å². The molecule has 0 amide bonds. The predicted octanol–water partition coefficient (Wildman–Crippen LogP) is 1.92. The SMILES string of the molecule is CSC(C)CNS(=O)(=O)c1cc(C)cc(N)c1C. The van der Waals surface area contributed by atoms with E-state index in [9.17, 15) is 8.42 Å². The summed E-state index contributed by atoms with van der Waals surface area (Å²) in [6.45, 7) is 5.95. The molecule has 0 fully saturated rings. The van der Waals surface area contributed by atoms with Crippen LogP contribution in [0.15, 0.2) is 17.0 Å². The van der Waals surface area contributed by atoms with Crippen molar-refractivity contribution in [3.63, 3.8) is 0 Å². The van der Waals surface area contributed by atoms with E-state index in [1.54, 1.807) is 30.8 Å². The van der Waals surface area contributed by atoms with Crippen molar-refractivity contribution < 1.29 is 8.42 Å². The number of hydrogen-bond donors (Lipinski definition) is 2. The molecule has 0 saturated heterocycles. The fourth-order valence-corrected chi connectivity index (χ4v) is 3.36. The van der Waals surface area contributed by atoms with Gasteiger partial charge in [-0.15, -0.1) is 0 Å². The van der Waals surface area contributed by atoms with Crippen molar-refractivity contribution in [3.8, 4) is 0 Å². The van der Waals surface area contributed by atoms with Gasteiger partial charge in [0.1, 0.15) is 0 Å². The van der Waals surface area contributed by atoms with E-state index in [2.05, 4.69) is 4.72 Å². The van der Waals surface area contributed by atoms with Crippen LogP contribution in [0.3, 0.4) is 0 Å². The maximum absolute atomic E-state index is 12.2. The lowest BCUT2D eigenvalue weighted by Gasteiger charge is -2.14. The average Bonchev–Trinajstić information content (AvgIpc) is 2.30. The lowest BCUT2D eigenvalue weighted by Crippen LogP contribution is -2.30. The van der Waals surface area contributed by atoms with Gasteiger partial charge in [-0.05, 0) is 43.4 Å². The van der Waals surface area contributed by atoms with Gasteiger partial charge in [0.15, 0.2) is 0 Å². The summed E-state index contributed by atoms with van der Waals surface area (Å²) in [7, 11) is -3.48. The van der Waals surface area contributed by atoms with Gasteiger partial charge in [-0.3, -0.25) is 0 Å². The molecule has 1 rings (SSSR count). The Kier molecular flexibility index (Phi) is 5.07. The molecular formula is C12H20N2O2S2. The fraction of sp³-hybridized carbons (Fsp3) is 0.500. The summed E-state index contributed by atoms with van der Waals surface area (Å²) < 4.78 is 27.0. The van der Waals surface area contributed by atoms with Crippen LogP contribution in [0.25, 0.3) is 0 Å². The van der Waals surface area contributed by atoms with Gasteiger partial charge in [-0.2, -0.15) is 11.8 Å². The molecule has 0 bridgehead atoms. The first kappa shape index (κ1) is 15.3. The largest absolute Gasteiger partial charge is 0.398 e. The number of sulfonamides is 1. The van der Waals surface area contributed by atoms with Crippen LogP contribution in [0, 0.1) is 13.8 Å². The van der Waals surface area contributed by atoms with Crippen molar-refractivity contribution in [2.45, 2.75) is 30.9 Å². The molecule has 0 heterocycles. The molecule has 1 aromatic carbocycles. The van der Waals surface area contributed by atoms with Gasteiger partial charge in [-0.25, -0.2) is 13.1 Å². The molecule has 1 atom stereocenters. The Morgan fingerprint density at radius 1 is 1.39 bits per heavy atom.